The first kappa shape index (κ1) is 30.6. The van der Waals surface area contributed by atoms with Gasteiger partial charge in [0.2, 0.25) is 5.91 Å². The molecule has 2 aliphatic heterocycles. The molecular formula is C33H35BrN2O7S. The summed E-state index contributed by atoms with van der Waals surface area (Å²) in [5, 5.41) is 12.5. The van der Waals surface area contributed by atoms with Gasteiger partial charge in [-0.15, -0.1) is 11.3 Å². The fourth-order valence-corrected chi connectivity index (χ4v) is 8.45. The summed E-state index contributed by atoms with van der Waals surface area (Å²) < 4.78 is 11.3. The Morgan fingerprint density at radius 3 is 2.55 bits per heavy atom. The van der Waals surface area contributed by atoms with E-state index < -0.39 is 35.8 Å². The highest BCUT2D eigenvalue weighted by molar-refractivity contribution is 9.10. The number of aromatic hydroxyl groups is 1. The van der Waals surface area contributed by atoms with Gasteiger partial charge in [-0.05, 0) is 88.8 Å². The minimum atomic E-state index is -1.12. The molecule has 0 saturated carbocycles. The van der Waals surface area contributed by atoms with E-state index in [1.54, 1.807) is 17.2 Å². The molecule has 2 amide bonds. The van der Waals surface area contributed by atoms with E-state index in [9.17, 15) is 19.5 Å². The number of anilines is 2. The van der Waals surface area contributed by atoms with Crippen LogP contribution in [0.5, 0.6) is 11.5 Å². The van der Waals surface area contributed by atoms with Gasteiger partial charge in [0.15, 0.2) is 17.6 Å². The largest absolute Gasteiger partial charge is 0.503 e. The highest BCUT2D eigenvalue weighted by Crippen LogP contribution is 2.52. The molecule has 11 heteroatoms. The lowest BCUT2D eigenvalue weighted by Gasteiger charge is -2.33. The van der Waals surface area contributed by atoms with E-state index >= 15 is 0 Å². The molecule has 44 heavy (non-hydrogen) atoms. The van der Waals surface area contributed by atoms with Crippen molar-refractivity contribution in [3.05, 3.63) is 68.5 Å². The van der Waals surface area contributed by atoms with Crippen molar-refractivity contribution in [2.75, 3.05) is 23.7 Å². The second-order valence-electron chi connectivity index (χ2n) is 12.4. The van der Waals surface area contributed by atoms with Crippen molar-refractivity contribution in [2.45, 2.75) is 59.1 Å². The lowest BCUT2D eigenvalue weighted by molar-refractivity contribution is -0.126. The van der Waals surface area contributed by atoms with Crippen molar-refractivity contribution in [3.63, 3.8) is 0 Å². The third-order valence-electron chi connectivity index (χ3n) is 8.88. The predicted octanol–water partition coefficient (Wildman–Crippen LogP) is 6.60. The van der Waals surface area contributed by atoms with Crippen LogP contribution in [0.3, 0.4) is 0 Å². The summed E-state index contributed by atoms with van der Waals surface area (Å²) in [5.74, 6) is -1.89. The molecule has 6 rings (SSSR count). The number of para-hydroxylation sites is 1. The average Bonchev–Trinajstić information content (AvgIpc) is 3.64. The number of hydrogen-bond acceptors (Lipinski definition) is 9. The fourth-order valence-electron chi connectivity index (χ4n) is 6.56. The van der Waals surface area contributed by atoms with Crippen LogP contribution in [-0.2, 0) is 32.0 Å². The average molecular weight is 684 g/mol. The van der Waals surface area contributed by atoms with Gasteiger partial charge in [-0.1, -0.05) is 39.0 Å². The maximum Gasteiger partial charge on any atom is 0.341 e. The van der Waals surface area contributed by atoms with E-state index in [-0.39, 0.29) is 16.9 Å². The number of fused-ring (bicyclic) bond motifs is 2. The van der Waals surface area contributed by atoms with Crippen LogP contribution in [0.2, 0.25) is 0 Å². The van der Waals surface area contributed by atoms with E-state index in [2.05, 4.69) is 36.7 Å². The molecule has 9 nitrogen and oxygen atoms in total. The summed E-state index contributed by atoms with van der Waals surface area (Å²) in [7, 11) is 1.31. The Balaban J connectivity index is 1.45. The van der Waals surface area contributed by atoms with Crippen LogP contribution >= 0.6 is 27.3 Å². The number of carbonyl (C=O) groups excluding carboxylic acids is 3. The molecule has 0 radical (unpaired) electrons. The number of phenolic OH excluding ortho intramolecular Hbond substituents is 1. The molecule has 1 aliphatic carbocycles. The number of amides is 2. The molecule has 0 unspecified atom stereocenters. The first-order valence-corrected chi connectivity index (χ1v) is 16.3. The maximum absolute atomic E-state index is 14.5. The zero-order chi connectivity index (χ0) is 31.5. The van der Waals surface area contributed by atoms with E-state index in [1.165, 1.54) is 18.4 Å². The van der Waals surface area contributed by atoms with E-state index in [1.807, 2.05) is 37.3 Å². The van der Waals surface area contributed by atoms with E-state index in [4.69, 9.17) is 14.3 Å². The number of imide groups is 1. The third kappa shape index (κ3) is 4.98. The molecule has 4 atom stereocenters. The molecule has 1 aromatic heterocycles. The number of phenols is 1. The van der Waals surface area contributed by atoms with Gasteiger partial charge in [0, 0.05) is 4.88 Å². The van der Waals surface area contributed by atoms with Crippen molar-refractivity contribution in [1.82, 2.24) is 0 Å². The number of ether oxygens (including phenoxy) is 2. The van der Waals surface area contributed by atoms with Gasteiger partial charge >= 0.3 is 5.97 Å². The van der Waals surface area contributed by atoms with Crippen molar-refractivity contribution in [1.29, 1.82) is 0 Å². The lowest BCUT2D eigenvalue weighted by atomic mass is 9.72. The summed E-state index contributed by atoms with van der Waals surface area (Å²) in [6.45, 7) is 8.76. The molecule has 0 bridgehead atoms. The standard InChI is InChI=1S/C33H35BrN2O7S/c1-6-42-22-15-17(14-21(34)27(22)37)26-25-28(43-36(26)19-10-8-7-9-11-19)30(39)35(29(25)38)31-24(32(40)41-5)20-13-12-18(33(2,3)4)16-23(20)44-31/h7-11,14-15,18,25-26,28,37H,6,12-13,16H2,1-5H3/t18-,25+,26+,28+/m1/s1. The number of rotatable bonds is 6. The van der Waals surface area contributed by atoms with Gasteiger partial charge < -0.3 is 14.6 Å². The van der Waals surface area contributed by atoms with Crippen LogP contribution in [0.25, 0.3) is 0 Å². The Bertz CT molecular complexity index is 1630. The zero-order valence-electron chi connectivity index (χ0n) is 25.3. The molecule has 3 aliphatic rings. The van der Waals surface area contributed by atoms with Crippen LogP contribution in [0.15, 0.2) is 46.9 Å². The number of halogens is 1. The number of nitrogens with zero attached hydrogens (tertiary/aromatic N) is 2. The number of benzene rings is 2. The summed E-state index contributed by atoms with van der Waals surface area (Å²) in [6, 6.07) is 11.9. The molecule has 2 aromatic carbocycles. The molecular weight excluding hydrogens is 648 g/mol. The summed E-state index contributed by atoms with van der Waals surface area (Å²) in [4.78, 5) is 50.3. The Morgan fingerprint density at radius 2 is 1.89 bits per heavy atom. The van der Waals surface area contributed by atoms with Gasteiger partial charge in [-0.3, -0.25) is 14.4 Å². The van der Waals surface area contributed by atoms with Crippen LogP contribution in [-0.4, -0.2) is 42.7 Å². The molecule has 1 N–H and O–H groups in total. The highest BCUT2D eigenvalue weighted by Gasteiger charge is 2.61. The molecule has 2 saturated heterocycles. The van der Waals surface area contributed by atoms with Crippen LogP contribution < -0.4 is 14.7 Å². The van der Waals surface area contributed by atoms with Crippen molar-refractivity contribution in [3.8, 4) is 11.5 Å². The smallest absolute Gasteiger partial charge is 0.341 e. The Morgan fingerprint density at radius 1 is 1.16 bits per heavy atom. The van der Waals surface area contributed by atoms with Gasteiger partial charge in [-0.2, -0.15) is 0 Å². The zero-order valence-corrected chi connectivity index (χ0v) is 27.7. The van der Waals surface area contributed by atoms with Gasteiger partial charge in [-0.25, -0.2) is 14.8 Å². The monoisotopic (exact) mass is 682 g/mol. The van der Waals surface area contributed by atoms with E-state index in [0.717, 1.165) is 28.2 Å². The Kier molecular flexibility index (Phi) is 8.00. The molecule has 3 heterocycles. The first-order chi connectivity index (χ1) is 21.0. The van der Waals surface area contributed by atoms with Crippen molar-refractivity contribution < 1.29 is 33.8 Å². The summed E-state index contributed by atoms with van der Waals surface area (Å²) >= 11 is 4.75. The van der Waals surface area contributed by atoms with Gasteiger partial charge in [0.25, 0.3) is 5.91 Å². The second-order valence-corrected chi connectivity index (χ2v) is 14.4. The van der Waals surface area contributed by atoms with Gasteiger partial charge in [0.1, 0.15) is 10.9 Å². The quantitative estimate of drug-likeness (QED) is 0.229. The second kappa shape index (κ2) is 11.5. The Labute approximate surface area is 268 Å². The number of esters is 1. The van der Waals surface area contributed by atoms with Crippen molar-refractivity contribution >= 4 is 55.7 Å². The highest BCUT2D eigenvalue weighted by atomic mass is 79.9. The van der Waals surface area contributed by atoms with Crippen LogP contribution in [0.1, 0.15) is 66.5 Å². The van der Waals surface area contributed by atoms with Crippen molar-refractivity contribution in [2.24, 2.45) is 17.3 Å². The SMILES string of the molecule is CCOc1cc([C@H]2[C@@H]3C(=O)N(c4sc5c(c4C(=O)OC)CC[C@@H](C(C)(C)C)C5)C(=O)[C@H]3ON2c2ccccc2)cc(Br)c1O. The van der Waals surface area contributed by atoms with Crippen LogP contribution in [0.4, 0.5) is 10.7 Å². The normalized spacial score (nSPS) is 23.1. The third-order valence-corrected chi connectivity index (χ3v) is 10.7. The minimum Gasteiger partial charge on any atom is -0.503 e. The number of methoxy groups -OCH3 is 1. The fraction of sp³-hybridized carbons (Fsp3) is 0.424. The number of carbonyl (C=O) groups is 3. The lowest BCUT2D eigenvalue weighted by Crippen LogP contribution is -2.37. The number of hydroxylamine groups is 1. The molecule has 0 spiro atoms. The minimum absolute atomic E-state index is 0.0618. The summed E-state index contributed by atoms with van der Waals surface area (Å²) in [6.07, 6.45) is 1.21. The predicted molar refractivity (Wildman–Crippen MR) is 170 cm³/mol. The number of thiophene rings is 1. The van der Waals surface area contributed by atoms with Crippen LogP contribution in [0, 0.1) is 17.3 Å². The first-order valence-electron chi connectivity index (χ1n) is 14.7. The van der Waals surface area contributed by atoms with Gasteiger partial charge in [0.05, 0.1) is 35.5 Å². The molecule has 232 valence electrons. The Hall–Kier alpha value is -3.41. The summed E-state index contributed by atoms with van der Waals surface area (Å²) in [5.41, 5.74) is 2.51. The molecule has 2 fully saturated rings. The topological polar surface area (TPSA) is 106 Å². The number of hydrogen-bond donors (Lipinski definition) is 1. The maximum atomic E-state index is 14.5. The van der Waals surface area contributed by atoms with E-state index in [0.29, 0.717) is 45.2 Å². The molecule has 3 aromatic rings.